The summed E-state index contributed by atoms with van der Waals surface area (Å²) in [5, 5.41) is 10.1. The van der Waals surface area contributed by atoms with Gasteiger partial charge in [-0.1, -0.05) is 35.9 Å². The molecule has 0 aliphatic carbocycles. The van der Waals surface area contributed by atoms with Crippen LogP contribution in [0.3, 0.4) is 0 Å². The molecule has 8 heteroatoms. The number of thiophene rings is 1. The molecule has 0 spiro atoms. The van der Waals surface area contributed by atoms with Crippen molar-refractivity contribution in [2.75, 3.05) is 0 Å². The molecule has 0 aliphatic heterocycles. The third-order valence-corrected chi connectivity index (χ3v) is 6.12. The summed E-state index contributed by atoms with van der Waals surface area (Å²) in [5.41, 5.74) is 2.89. The van der Waals surface area contributed by atoms with Crippen molar-refractivity contribution >= 4 is 38.8 Å². The first kappa shape index (κ1) is 18.5. The van der Waals surface area contributed by atoms with Gasteiger partial charge in [0.1, 0.15) is 12.2 Å². The van der Waals surface area contributed by atoms with Gasteiger partial charge < -0.3 is 5.32 Å². The van der Waals surface area contributed by atoms with Crippen molar-refractivity contribution in [1.29, 1.82) is 0 Å². The fourth-order valence-corrected chi connectivity index (χ4v) is 4.54. The van der Waals surface area contributed by atoms with E-state index in [1.54, 1.807) is 11.3 Å². The van der Waals surface area contributed by atoms with Gasteiger partial charge in [-0.05, 0) is 30.9 Å². The van der Waals surface area contributed by atoms with Gasteiger partial charge in [0, 0.05) is 6.54 Å². The number of rotatable bonds is 5. The minimum absolute atomic E-state index is 0.143. The van der Waals surface area contributed by atoms with Crippen LogP contribution >= 0.6 is 22.7 Å². The van der Waals surface area contributed by atoms with Crippen LogP contribution < -0.4 is 10.9 Å². The highest BCUT2D eigenvalue weighted by Crippen LogP contribution is 2.31. The van der Waals surface area contributed by atoms with Crippen molar-refractivity contribution in [3.8, 4) is 10.6 Å². The van der Waals surface area contributed by atoms with Gasteiger partial charge in [-0.15, -0.1) is 22.7 Å². The van der Waals surface area contributed by atoms with Gasteiger partial charge in [-0.2, -0.15) is 5.10 Å². The lowest BCUT2D eigenvalue weighted by atomic mass is 10.1. The van der Waals surface area contributed by atoms with Crippen LogP contribution in [-0.2, 0) is 17.9 Å². The number of nitrogens with one attached hydrogen (secondary N) is 1. The van der Waals surface area contributed by atoms with E-state index in [0.717, 1.165) is 20.1 Å². The molecule has 28 heavy (non-hydrogen) atoms. The zero-order chi connectivity index (χ0) is 19.7. The SMILES string of the molecule is Cc1ccc(CNC(=O)Cn2nc(-c3cccs3)c3sc(C)nc3c2=O)cc1. The van der Waals surface area contributed by atoms with Crippen LogP contribution in [0, 0.1) is 13.8 Å². The lowest BCUT2D eigenvalue weighted by Crippen LogP contribution is -2.33. The van der Waals surface area contributed by atoms with Crippen LogP contribution in [0.4, 0.5) is 0 Å². The molecule has 6 nitrogen and oxygen atoms in total. The molecule has 0 atom stereocenters. The Bertz CT molecular complexity index is 1190. The summed E-state index contributed by atoms with van der Waals surface area (Å²) in [6.45, 7) is 4.14. The topological polar surface area (TPSA) is 76.9 Å². The molecule has 0 fully saturated rings. The van der Waals surface area contributed by atoms with Crippen molar-refractivity contribution in [2.45, 2.75) is 26.9 Å². The summed E-state index contributed by atoms with van der Waals surface area (Å²) in [4.78, 5) is 30.5. The number of carbonyl (C=O) groups excluding carboxylic acids is 1. The number of hydrogen-bond donors (Lipinski definition) is 1. The second-order valence-electron chi connectivity index (χ2n) is 6.46. The highest BCUT2D eigenvalue weighted by atomic mass is 32.1. The number of carbonyl (C=O) groups is 1. The summed E-state index contributed by atoms with van der Waals surface area (Å²) in [7, 11) is 0. The van der Waals surface area contributed by atoms with Crippen LogP contribution in [0.1, 0.15) is 16.1 Å². The number of thiazole rings is 1. The van der Waals surface area contributed by atoms with Crippen LogP contribution in [0.25, 0.3) is 20.8 Å². The number of amides is 1. The summed E-state index contributed by atoms with van der Waals surface area (Å²) < 4.78 is 1.97. The quantitative estimate of drug-likeness (QED) is 0.546. The summed E-state index contributed by atoms with van der Waals surface area (Å²) >= 11 is 2.99. The second-order valence-corrected chi connectivity index (χ2v) is 8.61. The lowest BCUT2D eigenvalue weighted by Gasteiger charge is -2.09. The monoisotopic (exact) mass is 410 g/mol. The summed E-state index contributed by atoms with van der Waals surface area (Å²) in [5.74, 6) is -0.265. The van der Waals surface area contributed by atoms with Crippen LogP contribution in [0.15, 0.2) is 46.6 Å². The minimum atomic E-state index is -0.342. The number of hydrogen-bond acceptors (Lipinski definition) is 6. The Kier molecular flexibility index (Phi) is 5.06. The van der Waals surface area contributed by atoms with Gasteiger partial charge in [-0.3, -0.25) is 9.59 Å². The van der Waals surface area contributed by atoms with Crippen molar-refractivity contribution in [1.82, 2.24) is 20.1 Å². The van der Waals surface area contributed by atoms with Gasteiger partial charge in [0.15, 0.2) is 5.52 Å². The van der Waals surface area contributed by atoms with E-state index in [4.69, 9.17) is 0 Å². The Labute approximate surface area is 169 Å². The highest BCUT2D eigenvalue weighted by molar-refractivity contribution is 7.20. The van der Waals surface area contributed by atoms with Crippen molar-refractivity contribution in [2.24, 2.45) is 0 Å². The Morgan fingerprint density at radius 1 is 1.18 bits per heavy atom. The molecule has 142 valence electrons. The first-order valence-corrected chi connectivity index (χ1v) is 10.5. The molecule has 4 rings (SSSR count). The Morgan fingerprint density at radius 3 is 2.68 bits per heavy atom. The molecular formula is C20H18N4O2S2. The maximum absolute atomic E-state index is 12.8. The molecule has 0 bridgehead atoms. The fraction of sp³-hybridized carbons (Fsp3) is 0.200. The van der Waals surface area contributed by atoms with Gasteiger partial charge in [0.05, 0.1) is 14.6 Å². The minimum Gasteiger partial charge on any atom is -0.350 e. The zero-order valence-electron chi connectivity index (χ0n) is 15.4. The maximum Gasteiger partial charge on any atom is 0.294 e. The van der Waals surface area contributed by atoms with Gasteiger partial charge in [0.2, 0.25) is 5.91 Å². The smallest absolute Gasteiger partial charge is 0.294 e. The van der Waals surface area contributed by atoms with Gasteiger partial charge in [-0.25, -0.2) is 9.67 Å². The number of benzene rings is 1. The van der Waals surface area contributed by atoms with E-state index in [1.807, 2.05) is 55.6 Å². The number of fused-ring (bicyclic) bond motifs is 1. The van der Waals surface area contributed by atoms with Gasteiger partial charge >= 0.3 is 0 Å². The molecule has 3 heterocycles. The fourth-order valence-electron chi connectivity index (χ4n) is 2.85. The zero-order valence-corrected chi connectivity index (χ0v) is 17.1. The van der Waals surface area contributed by atoms with Gasteiger partial charge in [0.25, 0.3) is 5.56 Å². The summed E-state index contributed by atoms with van der Waals surface area (Å²) in [6, 6.07) is 11.8. The predicted octanol–water partition coefficient (Wildman–Crippen LogP) is 3.51. The molecule has 0 aliphatic rings. The normalized spacial score (nSPS) is 11.1. The first-order valence-electron chi connectivity index (χ1n) is 8.75. The third kappa shape index (κ3) is 3.74. The lowest BCUT2D eigenvalue weighted by molar-refractivity contribution is -0.122. The van der Waals surface area contributed by atoms with E-state index in [1.165, 1.54) is 21.6 Å². The van der Waals surface area contributed by atoms with Crippen LogP contribution in [0.2, 0.25) is 0 Å². The van der Waals surface area contributed by atoms with E-state index in [0.29, 0.717) is 17.8 Å². The molecule has 3 aromatic heterocycles. The van der Waals surface area contributed by atoms with Crippen molar-refractivity contribution < 1.29 is 4.79 Å². The Hall–Kier alpha value is -2.84. The van der Waals surface area contributed by atoms with Crippen molar-refractivity contribution in [3.63, 3.8) is 0 Å². The standard InChI is InChI=1S/C20H18N4O2S2/c1-12-5-7-14(8-6-12)10-21-16(25)11-24-20(26)18-19(28-13(2)22-18)17(23-24)15-4-3-9-27-15/h3-9H,10-11H2,1-2H3,(H,21,25). The average molecular weight is 411 g/mol. The van der Waals surface area contributed by atoms with E-state index >= 15 is 0 Å². The average Bonchev–Trinajstić information content (AvgIpc) is 3.33. The number of aromatic nitrogens is 3. The molecule has 4 aromatic rings. The number of aryl methyl sites for hydroxylation is 2. The molecule has 0 saturated heterocycles. The molecule has 0 saturated carbocycles. The molecule has 1 N–H and O–H groups in total. The van der Waals surface area contributed by atoms with E-state index in [2.05, 4.69) is 15.4 Å². The van der Waals surface area contributed by atoms with E-state index in [-0.39, 0.29) is 18.0 Å². The second kappa shape index (κ2) is 7.65. The Morgan fingerprint density at radius 2 is 1.96 bits per heavy atom. The van der Waals surface area contributed by atoms with E-state index < -0.39 is 0 Å². The molecule has 1 aromatic carbocycles. The predicted molar refractivity (Wildman–Crippen MR) is 113 cm³/mol. The van der Waals surface area contributed by atoms with Crippen LogP contribution in [0.5, 0.6) is 0 Å². The summed E-state index contributed by atoms with van der Waals surface area (Å²) in [6.07, 6.45) is 0. The molecule has 0 unspecified atom stereocenters. The van der Waals surface area contributed by atoms with E-state index in [9.17, 15) is 9.59 Å². The largest absolute Gasteiger partial charge is 0.350 e. The first-order chi connectivity index (χ1) is 13.5. The maximum atomic E-state index is 12.8. The highest BCUT2D eigenvalue weighted by Gasteiger charge is 2.18. The Balaban J connectivity index is 1.61. The third-order valence-electron chi connectivity index (χ3n) is 4.27. The van der Waals surface area contributed by atoms with Crippen molar-refractivity contribution in [3.05, 3.63) is 68.3 Å². The molecular weight excluding hydrogens is 392 g/mol. The molecule has 1 amide bonds. The molecule has 0 radical (unpaired) electrons. The van der Waals surface area contributed by atoms with Crippen LogP contribution in [-0.4, -0.2) is 20.7 Å². The number of nitrogens with zero attached hydrogens (tertiary/aromatic N) is 3.